The summed E-state index contributed by atoms with van der Waals surface area (Å²) in [4.78, 5) is 11.5. The summed E-state index contributed by atoms with van der Waals surface area (Å²) >= 11 is 0. The van der Waals surface area contributed by atoms with Gasteiger partial charge in [0.15, 0.2) is 0 Å². The third-order valence-corrected chi connectivity index (χ3v) is 7.06. The van der Waals surface area contributed by atoms with Crippen LogP contribution in [0.4, 0.5) is 0 Å². The molecular formula is C27H44N2O4. The van der Waals surface area contributed by atoms with E-state index in [4.69, 9.17) is 10.5 Å². The van der Waals surface area contributed by atoms with Crippen LogP contribution in [0, 0.1) is 23.7 Å². The highest BCUT2D eigenvalue weighted by Crippen LogP contribution is 2.29. The number of aliphatic carboxylic acids is 1. The van der Waals surface area contributed by atoms with Gasteiger partial charge in [-0.1, -0.05) is 33.8 Å². The van der Waals surface area contributed by atoms with E-state index in [0.717, 1.165) is 25.9 Å². The van der Waals surface area contributed by atoms with Gasteiger partial charge in [-0.25, -0.2) is 0 Å². The van der Waals surface area contributed by atoms with Gasteiger partial charge in [-0.2, -0.15) is 0 Å². The first-order valence-corrected chi connectivity index (χ1v) is 12.3. The van der Waals surface area contributed by atoms with Crippen LogP contribution in [0.25, 0.3) is 10.9 Å². The third-order valence-electron chi connectivity index (χ3n) is 7.06. The number of nitrogens with zero attached hydrogens (tertiary/aromatic N) is 1. The molecule has 0 saturated carbocycles. The zero-order valence-electron chi connectivity index (χ0n) is 21.3. The molecule has 1 aromatic carbocycles. The van der Waals surface area contributed by atoms with E-state index in [-0.39, 0.29) is 12.3 Å². The Morgan fingerprint density at radius 1 is 1.15 bits per heavy atom. The van der Waals surface area contributed by atoms with E-state index >= 15 is 0 Å². The van der Waals surface area contributed by atoms with Crippen molar-refractivity contribution in [1.29, 1.82) is 0 Å². The first-order valence-electron chi connectivity index (χ1n) is 12.3. The van der Waals surface area contributed by atoms with Gasteiger partial charge in [0.05, 0.1) is 12.0 Å². The monoisotopic (exact) mass is 460 g/mol. The van der Waals surface area contributed by atoms with E-state index in [2.05, 4.69) is 49.9 Å². The number of aliphatic hydroxyl groups excluding tert-OH is 1. The number of aromatic nitrogens is 1. The fourth-order valence-corrected chi connectivity index (χ4v) is 4.75. The van der Waals surface area contributed by atoms with Gasteiger partial charge in [-0.05, 0) is 73.1 Å². The number of benzene rings is 1. The lowest BCUT2D eigenvalue weighted by Crippen LogP contribution is -2.40. The van der Waals surface area contributed by atoms with Crippen molar-refractivity contribution in [1.82, 2.24) is 4.57 Å². The van der Waals surface area contributed by atoms with Gasteiger partial charge in [-0.3, -0.25) is 4.79 Å². The van der Waals surface area contributed by atoms with Crippen molar-refractivity contribution in [3.63, 3.8) is 0 Å². The Balaban J connectivity index is 2.13. The molecule has 33 heavy (non-hydrogen) atoms. The summed E-state index contributed by atoms with van der Waals surface area (Å²) in [6.07, 6.45) is 5.11. The topological polar surface area (TPSA) is 97.7 Å². The number of carboxylic acid groups (broad SMARTS) is 1. The van der Waals surface area contributed by atoms with Crippen LogP contribution >= 0.6 is 0 Å². The minimum atomic E-state index is -0.867. The van der Waals surface area contributed by atoms with Crippen molar-refractivity contribution in [2.24, 2.45) is 36.5 Å². The average Bonchev–Trinajstić information content (AvgIpc) is 3.05. The molecule has 0 bridgehead atoms. The number of aliphatic hydroxyl groups is 1. The Morgan fingerprint density at radius 3 is 2.42 bits per heavy atom. The molecule has 1 aromatic heterocycles. The molecule has 6 heteroatoms. The molecule has 4 N–H and O–H groups in total. The number of ether oxygens (including phenoxy) is 1. The maximum Gasteiger partial charge on any atom is 0.306 e. The van der Waals surface area contributed by atoms with Crippen LogP contribution in [0.3, 0.4) is 0 Å². The van der Waals surface area contributed by atoms with E-state index < -0.39 is 24.0 Å². The van der Waals surface area contributed by atoms with E-state index in [1.165, 1.54) is 22.0 Å². The maximum absolute atomic E-state index is 11.5. The molecule has 0 aliphatic rings. The van der Waals surface area contributed by atoms with Crippen molar-refractivity contribution in [3.05, 3.63) is 35.5 Å². The van der Waals surface area contributed by atoms with E-state index in [9.17, 15) is 15.0 Å². The summed E-state index contributed by atoms with van der Waals surface area (Å²) in [6.45, 7) is 8.88. The standard InChI is InChI=1S/C27H44N2O4/c1-17(2)21(14-24(28)26(30)15-22(18(3)4)27(31)32)12-19-9-10-25-23(13-19)20(16-29(25)5)8-7-11-33-6/h9-10,13,16-18,21-22,24,26,30H,7-8,11-12,14-15,28H2,1-6H3,(H,31,32)/t21-,22-,24-,26-/m0/s1. The fraction of sp³-hybridized carbons (Fsp3) is 0.667. The van der Waals surface area contributed by atoms with Gasteiger partial charge in [0, 0.05) is 43.9 Å². The molecule has 0 fully saturated rings. The number of nitrogens with two attached hydrogens (primary N) is 1. The second-order valence-corrected chi connectivity index (χ2v) is 10.3. The van der Waals surface area contributed by atoms with Gasteiger partial charge in [0.2, 0.25) is 0 Å². The molecule has 1 heterocycles. The fourth-order valence-electron chi connectivity index (χ4n) is 4.75. The van der Waals surface area contributed by atoms with Crippen molar-refractivity contribution >= 4 is 16.9 Å². The molecule has 0 aliphatic heterocycles. The van der Waals surface area contributed by atoms with Gasteiger partial charge in [0.1, 0.15) is 0 Å². The zero-order valence-corrected chi connectivity index (χ0v) is 21.3. The largest absolute Gasteiger partial charge is 0.481 e. The Kier molecular flexibility index (Phi) is 10.4. The summed E-state index contributed by atoms with van der Waals surface area (Å²) in [5.41, 5.74) is 10.2. The van der Waals surface area contributed by atoms with Crippen LogP contribution in [0.5, 0.6) is 0 Å². The van der Waals surface area contributed by atoms with Crippen LogP contribution in [-0.4, -0.2) is 46.6 Å². The summed E-state index contributed by atoms with van der Waals surface area (Å²) in [5.74, 6) is -0.790. The lowest BCUT2D eigenvalue weighted by Gasteiger charge is -2.29. The summed E-state index contributed by atoms with van der Waals surface area (Å²) in [6, 6.07) is 6.24. The van der Waals surface area contributed by atoms with Crippen molar-refractivity contribution in [3.8, 4) is 0 Å². The predicted molar refractivity (Wildman–Crippen MR) is 134 cm³/mol. The van der Waals surface area contributed by atoms with Crippen LogP contribution in [0.15, 0.2) is 24.4 Å². The molecule has 6 nitrogen and oxygen atoms in total. The predicted octanol–water partition coefficient (Wildman–Crippen LogP) is 4.40. The van der Waals surface area contributed by atoms with E-state index in [1.54, 1.807) is 7.11 Å². The number of fused-ring (bicyclic) bond motifs is 1. The van der Waals surface area contributed by atoms with Crippen LogP contribution in [0.1, 0.15) is 58.1 Å². The second kappa shape index (κ2) is 12.5. The van der Waals surface area contributed by atoms with Gasteiger partial charge in [-0.15, -0.1) is 0 Å². The Morgan fingerprint density at radius 2 is 1.85 bits per heavy atom. The molecule has 0 amide bonds. The normalized spacial score (nSPS) is 15.8. The first-order chi connectivity index (χ1) is 15.5. The van der Waals surface area contributed by atoms with E-state index in [0.29, 0.717) is 18.3 Å². The highest BCUT2D eigenvalue weighted by Gasteiger charge is 2.29. The molecule has 0 unspecified atom stereocenters. The number of hydrogen-bond donors (Lipinski definition) is 3. The molecule has 0 aliphatic carbocycles. The molecule has 0 saturated heterocycles. The molecule has 2 aromatic rings. The lowest BCUT2D eigenvalue weighted by atomic mass is 9.81. The van der Waals surface area contributed by atoms with Gasteiger partial charge >= 0.3 is 5.97 Å². The minimum Gasteiger partial charge on any atom is -0.481 e. The lowest BCUT2D eigenvalue weighted by molar-refractivity contribution is -0.144. The Labute approximate surface area is 199 Å². The molecule has 186 valence electrons. The third kappa shape index (κ3) is 7.56. The smallest absolute Gasteiger partial charge is 0.306 e. The highest BCUT2D eigenvalue weighted by atomic mass is 16.5. The number of methoxy groups -OCH3 is 1. The van der Waals surface area contributed by atoms with E-state index in [1.807, 2.05) is 13.8 Å². The number of aryl methyl sites for hydroxylation is 2. The molecular weight excluding hydrogens is 416 g/mol. The van der Waals surface area contributed by atoms with Gasteiger partial charge < -0.3 is 25.3 Å². The van der Waals surface area contributed by atoms with Crippen LogP contribution < -0.4 is 5.73 Å². The Hall–Kier alpha value is -1.89. The quantitative estimate of drug-likeness (QED) is 0.363. The average molecular weight is 461 g/mol. The van der Waals surface area contributed by atoms with Crippen molar-refractivity contribution in [2.45, 2.75) is 71.9 Å². The zero-order chi connectivity index (χ0) is 24.7. The second-order valence-electron chi connectivity index (χ2n) is 10.3. The van der Waals surface area contributed by atoms with Crippen molar-refractivity contribution < 1.29 is 19.7 Å². The van der Waals surface area contributed by atoms with Gasteiger partial charge in [0.25, 0.3) is 0 Å². The minimum absolute atomic E-state index is 0.0408. The highest BCUT2D eigenvalue weighted by molar-refractivity contribution is 5.84. The molecule has 0 radical (unpaired) electrons. The van der Waals surface area contributed by atoms with Crippen LogP contribution in [0.2, 0.25) is 0 Å². The molecule has 0 spiro atoms. The Bertz CT molecular complexity index is 890. The number of rotatable bonds is 14. The number of hydrogen-bond acceptors (Lipinski definition) is 4. The summed E-state index contributed by atoms with van der Waals surface area (Å²) < 4.78 is 7.40. The summed E-state index contributed by atoms with van der Waals surface area (Å²) in [7, 11) is 3.82. The molecule has 2 rings (SSSR count). The maximum atomic E-state index is 11.5. The number of carbonyl (C=O) groups is 1. The summed E-state index contributed by atoms with van der Waals surface area (Å²) in [5, 5.41) is 21.4. The van der Waals surface area contributed by atoms with Crippen molar-refractivity contribution in [2.75, 3.05) is 13.7 Å². The SMILES string of the molecule is COCCCc1cn(C)c2ccc(C[C@@H](C[C@H](N)[C@@H](O)C[C@H](C(=O)O)C(C)C)C(C)C)cc12. The number of carboxylic acids is 1. The first kappa shape index (κ1) is 27.4. The van der Waals surface area contributed by atoms with Crippen LogP contribution in [-0.2, 0) is 29.4 Å². The molecule has 4 atom stereocenters.